The Morgan fingerprint density at radius 3 is 2.44 bits per heavy atom. The summed E-state index contributed by atoms with van der Waals surface area (Å²) in [4.78, 5) is 0. The molecule has 3 rings (SSSR count). The smallest absolute Gasteiger partial charge is 0.0349 e. The minimum atomic E-state index is 0.567. The van der Waals surface area contributed by atoms with Gasteiger partial charge in [0.25, 0.3) is 0 Å². The van der Waals surface area contributed by atoms with Crippen LogP contribution in [0.25, 0.3) is 0 Å². The van der Waals surface area contributed by atoms with Crippen molar-refractivity contribution >= 4 is 11.8 Å². The average Bonchev–Trinajstić information content (AvgIpc) is 3.27. The van der Waals surface area contributed by atoms with Crippen LogP contribution in [0.4, 0.5) is 0 Å². The summed E-state index contributed by atoms with van der Waals surface area (Å²) in [6, 6.07) is 9.70. The van der Waals surface area contributed by atoms with Gasteiger partial charge < -0.3 is 5.32 Å². The van der Waals surface area contributed by atoms with Crippen molar-refractivity contribution in [3.05, 3.63) is 35.4 Å². The summed E-state index contributed by atoms with van der Waals surface area (Å²) in [5.41, 5.74) is 2.84. The molecule has 1 aromatic rings. The van der Waals surface area contributed by atoms with Crippen molar-refractivity contribution in [2.24, 2.45) is 5.92 Å². The monoisotopic (exact) mass is 261 g/mol. The lowest BCUT2D eigenvalue weighted by Gasteiger charge is -2.22. The van der Waals surface area contributed by atoms with E-state index in [0.717, 1.165) is 5.92 Å². The minimum absolute atomic E-state index is 0.567. The van der Waals surface area contributed by atoms with Gasteiger partial charge in [-0.25, -0.2) is 0 Å². The second-order valence-electron chi connectivity index (χ2n) is 5.99. The zero-order valence-electron chi connectivity index (χ0n) is 11.4. The van der Waals surface area contributed by atoms with E-state index in [0.29, 0.717) is 10.8 Å². The third-order valence-corrected chi connectivity index (χ3v) is 5.83. The van der Waals surface area contributed by atoms with Gasteiger partial charge >= 0.3 is 0 Å². The largest absolute Gasteiger partial charge is 0.308 e. The van der Waals surface area contributed by atoms with Gasteiger partial charge in [-0.2, -0.15) is 11.8 Å². The van der Waals surface area contributed by atoms with Crippen LogP contribution >= 0.6 is 11.8 Å². The maximum absolute atomic E-state index is 3.85. The molecule has 1 aromatic carbocycles. The minimum Gasteiger partial charge on any atom is -0.308 e. The third-order valence-electron chi connectivity index (χ3n) is 4.41. The molecule has 2 saturated carbocycles. The Morgan fingerprint density at radius 2 is 1.94 bits per heavy atom. The topological polar surface area (TPSA) is 12.0 Å². The van der Waals surface area contributed by atoms with E-state index in [1.54, 1.807) is 0 Å². The van der Waals surface area contributed by atoms with E-state index in [1.165, 1.54) is 43.4 Å². The molecular formula is C16H23NS. The molecule has 0 saturated heterocycles. The summed E-state index contributed by atoms with van der Waals surface area (Å²) in [5, 5.41) is 3.85. The first-order valence-electron chi connectivity index (χ1n) is 7.08. The molecule has 0 aromatic heterocycles. The fraction of sp³-hybridized carbons (Fsp3) is 0.625. The molecule has 1 N–H and O–H groups in total. The Balaban J connectivity index is 1.66. The Bertz CT molecular complexity index is 404. The maximum Gasteiger partial charge on any atom is 0.0349 e. The van der Waals surface area contributed by atoms with Crippen molar-refractivity contribution in [2.75, 3.05) is 12.8 Å². The van der Waals surface area contributed by atoms with Crippen molar-refractivity contribution in [1.29, 1.82) is 0 Å². The van der Waals surface area contributed by atoms with Crippen molar-refractivity contribution in [3.8, 4) is 0 Å². The molecule has 0 heterocycles. The summed E-state index contributed by atoms with van der Waals surface area (Å²) in [6.07, 6.45) is 7.85. The molecule has 0 spiro atoms. The second kappa shape index (κ2) is 4.90. The van der Waals surface area contributed by atoms with Crippen LogP contribution in [0, 0.1) is 12.8 Å². The first kappa shape index (κ1) is 12.6. The molecule has 1 nitrogen and oxygen atoms in total. The Hall–Kier alpha value is -0.470. The molecule has 0 bridgehead atoms. The van der Waals surface area contributed by atoms with Gasteiger partial charge in [0.15, 0.2) is 0 Å². The SMILES string of the molecule is CSC1(CNC(c2ccc(C)cc2)C2CC2)CC1. The molecule has 18 heavy (non-hydrogen) atoms. The lowest BCUT2D eigenvalue weighted by Crippen LogP contribution is -2.31. The highest BCUT2D eigenvalue weighted by Crippen LogP contribution is 2.48. The number of benzene rings is 1. The third kappa shape index (κ3) is 2.75. The summed E-state index contributed by atoms with van der Waals surface area (Å²) < 4.78 is 0.567. The molecule has 0 amide bonds. The summed E-state index contributed by atoms with van der Waals surface area (Å²) in [5.74, 6) is 0.880. The zero-order valence-corrected chi connectivity index (χ0v) is 12.2. The predicted octanol–water partition coefficient (Wildman–Crippen LogP) is 3.93. The van der Waals surface area contributed by atoms with Crippen LogP contribution in [0.1, 0.15) is 42.9 Å². The fourth-order valence-electron chi connectivity index (χ4n) is 2.65. The first-order valence-corrected chi connectivity index (χ1v) is 8.30. The van der Waals surface area contributed by atoms with Gasteiger partial charge in [-0.15, -0.1) is 0 Å². The van der Waals surface area contributed by atoms with Gasteiger partial charge in [-0.05, 0) is 50.3 Å². The highest BCUT2D eigenvalue weighted by molar-refractivity contribution is 8.00. The van der Waals surface area contributed by atoms with Crippen molar-refractivity contribution in [3.63, 3.8) is 0 Å². The van der Waals surface area contributed by atoms with Gasteiger partial charge in [-0.1, -0.05) is 29.8 Å². The van der Waals surface area contributed by atoms with E-state index in [2.05, 4.69) is 42.8 Å². The number of aryl methyl sites for hydroxylation is 1. The summed E-state index contributed by atoms with van der Waals surface area (Å²) >= 11 is 2.05. The van der Waals surface area contributed by atoms with Crippen LogP contribution in [0.2, 0.25) is 0 Å². The zero-order chi connectivity index (χ0) is 12.6. The first-order chi connectivity index (χ1) is 8.72. The predicted molar refractivity (Wildman–Crippen MR) is 80.1 cm³/mol. The van der Waals surface area contributed by atoms with E-state index in [9.17, 15) is 0 Å². The van der Waals surface area contributed by atoms with E-state index in [4.69, 9.17) is 0 Å². The Kier molecular flexibility index (Phi) is 3.42. The van der Waals surface area contributed by atoms with Crippen LogP contribution in [0.3, 0.4) is 0 Å². The van der Waals surface area contributed by atoms with Crippen molar-refractivity contribution in [2.45, 2.75) is 43.4 Å². The van der Waals surface area contributed by atoms with Gasteiger partial charge in [-0.3, -0.25) is 0 Å². The molecule has 2 aliphatic rings. The Morgan fingerprint density at radius 1 is 1.28 bits per heavy atom. The number of rotatable bonds is 6. The van der Waals surface area contributed by atoms with Crippen molar-refractivity contribution < 1.29 is 0 Å². The molecule has 0 radical (unpaired) electrons. The van der Waals surface area contributed by atoms with Gasteiger partial charge in [0.05, 0.1) is 0 Å². The molecule has 1 atom stereocenters. The highest BCUT2D eigenvalue weighted by Gasteiger charge is 2.43. The number of thioether (sulfide) groups is 1. The van der Waals surface area contributed by atoms with Gasteiger partial charge in [0.1, 0.15) is 0 Å². The quantitative estimate of drug-likeness (QED) is 0.832. The summed E-state index contributed by atoms with van der Waals surface area (Å²) in [7, 11) is 0. The molecule has 98 valence electrons. The average molecular weight is 261 g/mol. The van der Waals surface area contributed by atoms with Gasteiger partial charge in [0.2, 0.25) is 0 Å². The molecule has 1 unspecified atom stereocenters. The molecule has 2 fully saturated rings. The number of hydrogen-bond acceptors (Lipinski definition) is 2. The normalized spacial score (nSPS) is 22.8. The van der Waals surface area contributed by atoms with Crippen LogP contribution in [-0.4, -0.2) is 17.5 Å². The van der Waals surface area contributed by atoms with E-state index in [-0.39, 0.29) is 0 Å². The van der Waals surface area contributed by atoms with E-state index < -0.39 is 0 Å². The van der Waals surface area contributed by atoms with Crippen LogP contribution < -0.4 is 5.32 Å². The second-order valence-corrected chi connectivity index (χ2v) is 7.27. The lowest BCUT2D eigenvalue weighted by atomic mass is 10.0. The summed E-state index contributed by atoms with van der Waals surface area (Å²) in [6.45, 7) is 3.35. The van der Waals surface area contributed by atoms with E-state index in [1.807, 2.05) is 11.8 Å². The molecular weight excluding hydrogens is 238 g/mol. The number of hydrogen-bond donors (Lipinski definition) is 1. The highest BCUT2D eigenvalue weighted by atomic mass is 32.2. The van der Waals surface area contributed by atoms with Crippen LogP contribution in [-0.2, 0) is 0 Å². The molecule has 2 aliphatic carbocycles. The fourth-order valence-corrected chi connectivity index (χ4v) is 3.39. The van der Waals surface area contributed by atoms with Crippen LogP contribution in [0.5, 0.6) is 0 Å². The maximum atomic E-state index is 3.85. The lowest BCUT2D eigenvalue weighted by molar-refractivity contribution is 0.477. The number of nitrogens with one attached hydrogen (secondary N) is 1. The van der Waals surface area contributed by atoms with Crippen LogP contribution in [0.15, 0.2) is 24.3 Å². The standard InChI is InChI=1S/C16H23NS/c1-12-3-5-13(6-4-12)15(14-7-8-14)17-11-16(18-2)9-10-16/h3-6,14-15,17H,7-11H2,1-2H3. The Labute approximate surface area is 115 Å². The molecule has 0 aliphatic heterocycles. The molecule has 2 heteroatoms. The van der Waals surface area contributed by atoms with E-state index >= 15 is 0 Å². The van der Waals surface area contributed by atoms with Gasteiger partial charge in [0, 0.05) is 17.3 Å². The van der Waals surface area contributed by atoms with Crippen molar-refractivity contribution in [1.82, 2.24) is 5.32 Å².